The molecule has 3 rings (SSSR count). The van der Waals surface area contributed by atoms with E-state index in [1.807, 2.05) is 43.3 Å². The zero-order valence-electron chi connectivity index (χ0n) is 11.0. The number of fused-ring (bicyclic) bond motifs is 1. The molecule has 0 bridgehead atoms. The first-order valence-corrected chi connectivity index (χ1v) is 7.11. The number of benzene rings is 2. The van der Waals surface area contributed by atoms with Crippen molar-refractivity contribution in [3.8, 4) is 0 Å². The third kappa shape index (κ3) is 2.47. The first-order valence-electron chi connectivity index (χ1n) is 6.32. The van der Waals surface area contributed by atoms with Crippen molar-refractivity contribution in [2.75, 3.05) is 11.1 Å². The number of hydrogen-bond donors (Lipinski definition) is 2. The quantitative estimate of drug-likeness (QED) is 0.674. The fourth-order valence-electron chi connectivity index (χ4n) is 2.12. The van der Waals surface area contributed by atoms with Gasteiger partial charge in [0, 0.05) is 21.2 Å². The molecule has 3 N–H and O–H groups in total. The number of pyridine rings is 1. The zero-order valence-corrected chi connectivity index (χ0v) is 12.6. The van der Waals surface area contributed by atoms with E-state index < -0.39 is 0 Å². The number of nitrogens with one attached hydrogen (secondary N) is 1. The largest absolute Gasteiger partial charge is 0.399 e. The number of halogens is 1. The van der Waals surface area contributed by atoms with Gasteiger partial charge in [-0.2, -0.15) is 0 Å². The summed E-state index contributed by atoms with van der Waals surface area (Å²) in [5.41, 5.74) is 10.4. The van der Waals surface area contributed by atoms with Crippen LogP contribution < -0.4 is 11.1 Å². The lowest BCUT2D eigenvalue weighted by atomic mass is 10.1. The highest BCUT2D eigenvalue weighted by Gasteiger charge is 2.05. The fourth-order valence-corrected chi connectivity index (χ4v) is 2.62. The van der Waals surface area contributed by atoms with Crippen LogP contribution in [-0.4, -0.2) is 4.98 Å². The Kier molecular flexibility index (Phi) is 3.32. The van der Waals surface area contributed by atoms with Gasteiger partial charge in [-0.15, -0.1) is 0 Å². The lowest BCUT2D eigenvalue weighted by Gasteiger charge is -2.11. The molecule has 0 fully saturated rings. The zero-order chi connectivity index (χ0) is 14.1. The van der Waals surface area contributed by atoms with Gasteiger partial charge in [0.05, 0.1) is 16.9 Å². The Morgan fingerprint density at radius 2 is 1.90 bits per heavy atom. The number of para-hydroxylation sites is 1. The lowest BCUT2D eigenvalue weighted by Crippen LogP contribution is -1.95. The number of hydrogen-bond acceptors (Lipinski definition) is 3. The van der Waals surface area contributed by atoms with Crippen LogP contribution in [0.4, 0.5) is 17.1 Å². The molecule has 0 aliphatic carbocycles. The maximum absolute atomic E-state index is 5.76. The third-order valence-electron chi connectivity index (χ3n) is 3.12. The topological polar surface area (TPSA) is 50.9 Å². The van der Waals surface area contributed by atoms with Crippen LogP contribution in [0.5, 0.6) is 0 Å². The van der Waals surface area contributed by atoms with Crippen molar-refractivity contribution in [1.29, 1.82) is 0 Å². The predicted octanol–water partition coefficient (Wildman–Crippen LogP) is 4.63. The molecular weight excluding hydrogens is 314 g/mol. The molecule has 2 aromatic carbocycles. The number of nitrogens with two attached hydrogens (primary N) is 1. The fraction of sp³-hybridized carbons (Fsp3) is 0.0625. The van der Waals surface area contributed by atoms with Gasteiger partial charge < -0.3 is 11.1 Å². The van der Waals surface area contributed by atoms with Crippen molar-refractivity contribution in [3.05, 3.63) is 58.7 Å². The average molecular weight is 328 g/mol. The molecule has 20 heavy (non-hydrogen) atoms. The smallest absolute Gasteiger partial charge is 0.0939 e. The van der Waals surface area contributed by atoms with E-state index in [9.17, 15) is 0 Å². The average Bonchev–Trinajstić information content (AvgIpc) is 2.42. The standard InChI is InChI=1S/C16H14BrN3/c1-10-5-6-11-3-2-4-15(16(11)19-10)20-14-8-7-12(18)9-13(14)17/h2-9,20H,18H2,1H3. The van der Waals surface area contributed by atoms with E-state index in [1.54, 1.807) is 0 Å². The third-order valence-corrected chi connectivity index (χ3v) is 3.78. The van der Waals surface area contributed by atoms with Gasteiger partial charge in [0.1, 0.15) is 0 Å². The molecule has 100 valence electrons. The molecule has 0 saturated carbocycles. The molecule has 3 nitrogen and oxygen atoms in total. The molecule has 0 amide bonds. The Labute approximate surface area is 126 Å². The molecule has 0 saturated heterocycles. The summed E-state index contributed by atoms with van der Waals surface area (Å²) in [4.78, 5) is 4.62. The van der Waals surface area contributed by atoms with Crippen LogP contribution in [0.3, 0.4) is 0 Å². The van der Waals surface area contributed by atoms with Gasteiger partial charge in [0.25, 0.3) is 0 Å². The van der Waals surface area contributed by atoms with Crippen LogP contribution in [0, 0.1) is 6.92 Å². The van der Waals surface area contributed by atoms with Gasteiger partial charge in [-0.1, -0.05) is 18.2 Å². The molecule has 1 aromatic heterocycles. The Hall–Kier alpha value is -2.07. The molecule has 0 atom stereocenters. The van der Waals surface area contributed by atoms with E-state index in [0.717, 1.165) is 38.1 Å². The Morgan fingerprint density at radius 1 is 1.05 bits per heavy atom. The monoisotopic (exact) mass is 327 g/mol. The summed E-state index contributed by atoms with van der Waals surface area (Å²) in [6.07, 6.45) is 0. The minimum atomic E-state index is 0.731. The molecule has 0 unspecified atom stereocenters. The second-order valence-electron chi connectivity index (χ2n) is 4.69. The van der Waals surface area contributed by atoms with Crippen LogP contribution >= 0.6 is 15.9 Å². The first-order chi connectivity index (χ1) is 9.63. The summed E-state index contributed by atoms with van der Waals surface area (Å²) in [5.74, 6) is 0. The first kappa shape index (κ1) is 12.9. The van der Waals surface area contributed by atoms with Crippen LogP contribution in [-0.2, 0) is 0 Å². The Morgan fingerprint density at radius 3 is 2.70 bits per heavy atom. The summed E-state index contributed by atoms with van der Waals surface area (Å²) in [7, 11) is 0. The number of anilines is 3. The second-order valence-corrected chi connectivity index (χ2v) is 5.55. The molecule has 0 spiro atoms. The molecule has 1 heterocycles. The van der Waals surface area contributed by atoms with E-state index >= 15 is 0 Å². The highest BCUT2D eigenvalue weighted by Crippen LogP contribution is 2.30. The molecule has 4 heteroatoms. The SMILES string of the molecule is Cc1ccc2cccc(Nc3ccc(N)cc3Br)c2n1. The van der Waals surface area contributed by atoms with Gasteiger partial charge in [-0.05, 0) is 53.2 Å². The van der Waals surface area contributed by atoms with Crippen molar-refractivity contribution in [2.24, 2.45) is 0 Å². The number of aromatic nitrogens is 1. The molecule has 3 aromatic rings. The highest BCUT2D eigenvalue weighted by molar-refractivity contribution is 9.10. The van der Waals surface area contributed by atoms with E-state index in [1.165, 1.54) is 0 Å². The van der Waals surface area contributed by atoms with Gasteiger partial charge in [0.15, 0.2) is 0 Å². The lowest BCUT2D eigenvalue weighted by molar-refractivity contribution is 1.25. The van der Waals surface area contributed by atoms with Crippen LogP contribution in [0.2, 0.25) is 0 Å². The summed E-state index contributed by atoms with van der Waals surface area (Å²) in [6, 6.07) is 15.9. The summed E-state index contributed by atoms with van der Waals surface area (Å²) < 4.78 is 0.933. The van der Waals surface area contributed by atoms with E-state index in [4.69, 9.17) is 5.73 Å². The maximum atomic E-state index is 5.76. The van der Waals surface area contributed by atoms with Crippen molar-refractivity contribution in [2.45, 2.75) is 6.92 Å². The second kappa shape index (κ2) is 5.13. The Bertz CT molecular complexity index is 784. The van der Waals surface area contributed by atoms with Gasteiger partial charge in [-0.25, -0.2) is 0 Å². The molecule has 0 aliphatic rings. The minimum Gasteiger partial charge on any atom is -0.399 e. The van der Waals surface area contributed by atoms with Crippen molar-refractivity contribution in [1.82, 2.24) is 4.98 Å². The van der Waals surface area contributed by atoms with E-state index in [-0.39, 0.29) is 0 Å². The van der Waals surface area contributed by atoms with E-state index in [0.29, 0.717) is 0 Å². The number of nitrogens with zero attached hydrogens (tertiary/aromatic N) is 1. The summed E-state index contributed by atoms with van der Waals surface area (Å²) in [6.45, 7) is 2.00. The van der Waals surface area contributed by atoms with Crippen molar-refractivity contribution >= 4 is 43.9 Å². The van der Waals surface area contributed by atoms with Gasteiger partial charge in [0.2, 0.25) is 0 Å². The molecule has 0 aliphatic heterocycles. The van der Waals surface area contributed by atoms with Gasteiger partial charge in [-0.3, -0.25) is 4.98 Å². The number of rotatable bonds is 2. The molecule has 0 radical (unpaired) electrons. The predicted molar refractivity (Wildman–Crippen MR) is 88.3 cm³/mol. The highest BCUT2D eigenvalue weighted by atomic mass is 79.9. The maximum Gasteiger partial charge on any atom is 0.0939 e. The summed E-state index contributed by atoms with van der Waals surface area (Å²) in [5, 5.41) is 4.52. The van der Waals surface area contributed by atoms with Crippen LogP contribution in [0.1, 0.15) is 5.69 Å². The Balaban J connectivity index is 2.08. The van der Waals surface area contributed by atoms with E-state index in [2.05, 4.69) is 38.4 Å². The normalized spacial score (nSPS) is 10.7. The molecular formula is C16H14BrN3. The van der Waals surface area contributed by atoms with Crippen molar-refractivity contribution in [3.63, 3.8) is 0 Å². The van der Waals surface area contributed by atoms with Crippen LogP contribution in [0.15, 0.2) is 53.0 Å². The van der Waals surface area contributed by atoms with Crippen molar-refractivity contribution < 1.29 is 0 Å². The minimum absolute atomic E-state index is 0.731. The van der Waals surface area contributed by atoms with Gasteiger partial charge >= 0.3 is 0 Å². The summed E-state index contributed by atoms with van der Waals surface area (Å²) >= 11 is 3.52. The van der Waals surface area contributed by atoms with Crippen LogP contribution in [0.25, 0.3) is 10.9 Å². The number of nitrogen functional groups attached to an aromatic ring is 1. The number of aryl methyl sites for hydroxylation is 1.